The molecule has 5 rings (SSSR count). The molecule has 1 atom stereocenters. The topological polar surface area (TPSA) is 74.2 Å². The van der Waals surface area contributed by atoms with Crippen LogP contribution in [-0.2, 0) is 0 Å². The van der Waals surface area contributed by atoms with Gasteiger partial charge in [-0.05, 0) is 28.3 Å². The highest BCUT2D eigenvalue weighted by Gasteiger charge is 2.30. The van der Waals surface area contributed by atoms with Crippen LogP contribution in [0.1, 0.15) is 17.0 Å². The third-order valence-electron chi connectivity index (χ3n) is 4.75. The lowest BCUT2D eigenvalue weighted by atomic mass is 9.96. The van der Waals surface area contributed by atoms with Gasteiger partial charge in [0.05, 0.1) is 23.4 Å². The summed E-state index contributed by atoms with van der Waals surface area (Å²) in [6.07, 6.45) is 5.10. The fourth-order valence-corrected chi connectivity index (χ4v) is 3.70. The molecule has 0 bridgehead atoms. The van der Waals surface area contributed by atoms with Crippen LogP contribution in [0.5, 0.6) is 0 Å². The number of fused-ring (bicyclic) bond motifs is 4. The van der Waals surface area contributed by atoms with E-state index in [1.807, 2.05) is 24.3 Å². The summed E-state index contributed by atoms with van der Waals surface area (Å²) in [5.41, 5.74) is 7.38. The van der Waals surface area contributed by atoms with Crippen molar-refractivity contribution in [3.63, 3.8) is 0 Å². The molecule has 120 valence electrons. The summed E-state index contributed by atoms with van der Waals surface area (Å²) >= 11 is 0. The summed E-state index contributed by atoms with van der Waals surface area (Å²) in [7, 11) is 0. The zero-order valence-electron chi connectivity index (χ0n) is 13.2. The van der Waals surface area contributed by atoms with Crippen LogP contribution in [0.25, 0.3) is 33.5 Å². The molecule has 2 aromatic carbocycles. The van der Waals surface area contributed by atoms with E-state index >= 15 is 0 Å². The molecule has 2 aromatic heterocycles. The number of pyridine rings is 1. The first-order valence-electron chi connectivity index (χ1n) is 8.06. The lowest BCUT2D eigenvalue weighted by Crippen LogP contribution is -1.97. The highest BCUT2D eigenvalue weighted by Crippen LogP contribution is 2.47. The van der Waals surface area contributed by atoms with E-state index in [1.54, 1.807) is 18.6 Å². The lowest BCUT2D eigenvalue weighted by Gasteiger charge is -2.08. The van der Waals surface area contributed by atoms with Crippen molar-refractivity contribution in [1.29, 1.82) is 0 Å². The number of H-pyrrole nitrogens is 1. The first-order chi connectivity index (χ1) is 12.4. The molecule has 0 spiro atoms. The van der Waals surface area contributed by atoms with Gasteiger partial charge in [0.2, 0.25) is 0 Å². The minimum atomic E-state index is -0.0535. The second-order valence-electron chi connectivity index (χ2n) is 6.08. The molecule has 5 heteroatoms. The van der Waals surface area contributed by atoms with Gasteiger partial charge in [-0.15, -0.1) is 5.16 Å². The highest BCUT2D eigenvalue weighted by atomic mass is 16.4. The Morgan fingerprint density at radius 1 is 1.00 bits per heavy atom. The maximum Gasteiger partial charge on any atom is 0.139 e. The second kappa shape index (κ2) is 5.27. The van der Waals surface area contributed by atoms with Gasteiger partial charge in [-0.2, -0.15) is 0 Å². The van der Waals surface area contributed by atoms with Crippen molar-refractivity contribution in [1.82, 2.24) is 15.0 Å². The van der Waals surface area contributed by atoms with E-state index in [-0.39, 0.29) is 5.92 Å². The molecule has 5 nitrogen and oxygen atoms in total. The molecule has 1 aliphatic rings. The van der Waals surface area contributed by atoms with Gasteiger partial charge in [-0.1, -0.05) is 42.5 Å². The average molecular weight is 326 g/mol. The van der Waals surface area contributed by atoms with Crippen LogP contribution >= 0.6 is 0 Å². The van der Waals surface area contributed by atoms with Crippen LogP contribution in [0.4, 0.5) is 0 Å². The van der Waals surface area contributed by atoms with Gasteiger partial charge in [0.25, 0.3) is 0 Å². The zero-order valence-corrected chi connectivity index (χ0v) is 13.2. The van der Waals surface area contributed by atoms with Crippen LogP contribution in [0.2, 0.25) is 0 Å². The molecular formula is C20H14N4O. The predicted molar refractivity (Wildman–Crippen MR) is 96.9 cm³/mol. The average Bonchev–Trinajstić information content (AvgIpc) is 3.22. The van der Waals surface area contributed by atoms with Crippen molar-refractivity contribution in [3.05, 3.63) is 72.1 Å². The summed E-state index contributed by atoms with van der Waals surface area (Å²) < 4.78 is 0. The van der Waals surface area contributed by atoms with E-state index in [0.29, 0.717) is 0 Å². The van der Waals surface area contributed by atoms with E-state index in [9.17, 15) is 0 Å². The molecule has 2 heterocycles. The van der Waals surface area contributed by atoms with Crippen molar-refractivity contribution in [2.45, 2.75) is 5.92 Å². The Morgan fingerprint density at radius 2 is 1.84 bits per heavy atom. The number of imidazole rings is 1. The molecule has 0 saturated heterocycles. The summed E-state index contributed by atoms with van der Waals surface area (Å²) in [6.45, 7) is 0. The first-order valence-corrected chi connectivity index (χ1v) is 8.06. The summed E-state index contributed by atoms with van der Waals surface area (Å²) in [5, 5.41) is 12.4. The number of nitrogens with one attached hydrogen (secondary N) is 1. The normalized spacial score (nSPS) is 15.6. The van der Waals surface area contributed by atoms with Crippen LogP contribution in [-0.4, -0.2) is 26.4 Å². The van der Waals surface area contributed by atoms with Crippen LogP contribution in [0, 0.1) is 0 Å². The van der Waals surface area contributed by atoms with E-state index in [0.717, 1.165) is 44.7 Å². The number of rotatable bonds is 2. The van der Waals surface area contributed by atoms with Gasteiger partial charge >= 0.3 is 0 Å². The number of hydrogen-bond donors (Lipinski definition) is 2. The Hall–Kier alpha value is -3.47. The zero-order chi connectivity index (χ0) is 16.8. The van der Waals surface area contributed by atoms with E-state index in [2.05, 4.69) is 39.4 Å². The molecular weight excluding hydrogens is 312 g/mol. The summed E-state index contributed by atoms with van der Waals surface area (Å²) in [4.78, 5) is 12.2. The quantitative estimate of drug-likeness (QED) is 0.329. The van der Waals surface area contributed by atoms with Crippen LogP contribution in [0.15, 0.2) is 66.1 Å². The number of aromatic amines is 1. The van der Waals surface area contributed by atoms with Crippen molar-refractivity contribution in [2.24, 2.45) is 5.16 Å². The van der Waals surface area contributed by atoms with Crippen molar-refractivity contribution in [3.8, 4) is 22.5 Å². The minimum absolute atomic E-state index is 0.0535. The SMILES string of the molecule is ON=CC1c2ccccc2-c2c(-c3nc4ccncc4[nH]3)cccc21. The van der Waals surface area contributed by atoms with Gasteiger partial charge in [-0.3, -0.25) is 4.98 Å². The Balaban J connectivity index is 1.80. The number of nitrogens with zero attached hydrogens (tertiary/aromatic N) is 3. The Labute approximate surface area is 143 Å². The Morgan fingerprint density at radius 3 is 2.72 bits per heavy atom. The number of hydrogen-bond acceptors (Lipinski definition) is 4. The van der Waals surface area contributed by atoms with Crippen molar-refractivity contribution < 1.29 is 5.21 Å². The third kappa shape index (κ3) is 1.99. The molecule has 0 aliphatic heterocycles. The number of oxime groups is 1. The molecule has 2 N–H and O–H groups in total. The molecule has 0 fully saturated rings. The van der Waals surface area contributed by atoms with Crippen LogP contribution < -0.4 is 0 Å². The van der Waals surface area contributed by atoms with Crippen molar-refractivity contribution >= 4 is 17.2 Å². The standard InChI is InChI=1S/C20H14N4O/c25-22-10-16-12-4-1-2-5-13(12)19-14(16)6-3-7-15(19)20-23-17-8-9-21-11-18(17)24-20/h1-11,16,25H,(H,23,24). The van der Waals surface area contributed by atoms with Gasteiger partial charge in [0, 0.05) is 17.7 Å². The summed E-state index contributed by atoms with van der Waals surface area (Å²) in [5.74, 6) is 0.762. The van der Waals surface area contributed by atoms with E-state index < -0.39 is 0 Å². The number of aromatic nitrogens is 3. The molecule has 0 saturated carbocycles. The molecule has 0 amide bonds. The second-order valence-corrected chi connectivity index (χ2v) is 6.08. The monoisotopic (exact) mass is 326 g/mol. The largest absolute Gasteiger partial charge is 0.411 e. The van der Waals surface area contributed by atoms with Crippen molar-refractivity contribution in [2.75, 3.05) is 0 Å². The molecule has 0 radical (unpaired) electrons. The third-order valence-corrected chi connectivity index (χ3v) is 4.75. The predicted octanol–water partition coefficient (Wildman–Crippen LogP) is 4.20. The highest BCUT2D eigenvalue weighted by molar-refractivity contribution is 5.96. The molecule has 25 heavy (non-hydrogen) atoms. The lowest BCUT2D eigenvalue weighted by molar-refractivity contribution is 0.320. The van der Waals surface area contributed by atoms with Crippen LogP contribution in [0.3, 0.4) is 0 Å². The van der Waals surface area contributed by atoms with Gasteiger partial charge < -0.3 is 10.2 Å². The van der Waals surface area contributed by atoms with Gasteiger partial charge in [0.15, 0.2) is 0 Å². The first kappa shape index (κ1) is 13.9. The molecule has 4 aromatic rings. The van der Waals surface area contributed by atoms with E-state index in [4.69, 9.17) is 10.2 Å². The summed E-state index contributed by atoms with van der Waals surface area (Å²) in [6, 6.07) is 16.3. The minimum Gasteiger partial charge on any atom is -0.411 e. The fraction of sp³-hybridized carbons (Fsp3) is 0.0500. The molecule has 1 unspecified atom stereocenters. The Kier molecular flexibility index (Phi) is 2.94. The van der Waals surface area contributed by atoms with Gasteiger partial charge in [0.1, 0.15) is 5.82 Å². The van der Waals surface area contributed by atoms with Gasteiger partial charge in [-0.25, -0.2) is 4.98 Å². The Bertz CT molecular complexity index is 1100. The fourth-order valence-electron chi connectivity index (χ4n) is 3.70. The van der Waals surface area contributed by atoms with E-state index in [1.165, 1.54) is 0 Å². The maximum atomic E-state index is 9.10. The number of benzene rings is 2. The maximum absolute atomic E-state index is 9.10. The molecule has 1 aliphatic carbocycles. The smallest absolute Gasteiger partial charge is 0.139 e.